The minimum atomic E-state index is -3.09. The smallest absolute Gasteiger partial charge is 0.211 e. The van der Waals surface area contributed by atoms with Crippen molar-refractivity contribution in [1.82, 2.24) is 4.72 Å². The quantitative estimate of drug-likeness (QED) is 0.662. The molecule has 5 heteroatoms. The zero-order valence-electron chi connectivity index (χ0n) is 9.99. The average molecular weight is 236 g/mol. The van der Waals surface area contributed by atoms with Gasteiger partial charge < -0.3 is 5.73 Å². The van der Waals surface area contributed by atoms with Gasteiger partial charge in [0.25, 0.3) is 0 Å². The molecule has 1 unspecified atom stereocenters. The number of hydrogen-bond donors (Lipinski definition) is 2. The van der Waals surface area contributed by atoms with Crippen LogP contribution in [0.15, 0.2) is 0 Å². The van der Waals surface area contributed by atoms with Crippen molar-refractivity contribution >= 4 is 10.0 Å². The Morgan fingerprint density at radius 1 is 1.27 bits per heavy atom. The van der Waals surface area contributed by atoms with Crippen molar-refractivity contribution in [2.24, 2.45) is 11.7 Å². The van der Waals surface area contributed by atoms with Gasteiger partial charge in [0, 0.05) is 12.6 Å². The topological polar surface area (TPSA) is 72.2 Å². The fourth-order valence-corrected chi connectivity index (χ4v) is 2.42. The molecule has 0 aliphatic heterocycles. The van der Waals surface area contributed by atoms with Gasteiger partial charge in [-0.15, -0.1) is 0 Å². The van der Waals surface area contributed by atoms with E-state index in [0.717, 1.165) is 6.42 Å². The van der Waals surface area contributed by atoms with Crippen LogP contribution in [-0.4, -0.2) is 26.8 Å². The van der Waals surface area contributed by atoms with E-state index in [-0.39, 0.29) is 11.8 Å². The lowest BCUT2D eigenvalue weighted by molar-refractivity contribution is 0.546. The second-order valence-electron chi connectivity index (χ2n) is 4.35. The van der Waals surface area contributed by atoms with E-state index in [9.17, 15) is 8.42 Å². The summed E-state index contributed by atoms with van der Waals surface area (Å²) in [5.74, 6) is 0.630. The Balaban J connectivity index is 3.75. The first-order valence-electron chi connectivity index (χ1n) is 5.60. The third-order valence-electron chi connectivity index (χ3n) is 2.33. The molecule has 0 aromatic carbocycles. The van der Waals surface area contributed by atoms with E-state index in [4.69, 9.17) is 5.73 Å². The summed E-state index contributed by atoms with van der Waals surface area (Å²) < 4.78 is 25.5. The second kappa shape index (κ2) is 7.19. The molecule has 0 aliphatic carbocycles. The molecule has 0 heterocycles. The highest BCUT2D eigenvalue weighted by molar-refractivity contribution is 7.89. The first-order valence-corrected chi connectivity index (χ1v) is 7.25. The number of hydrogen-bond acceptors (Lipinski definition) is 3. The zero-order valence-corrected chi connectivity index (χ0v) is 10.8. The van der Waals surface area contributed by atoms with Crippen molar-refractivity contribution < 1.29 is 8.42 Å². The molecule has 0 aliphatic rings. The van der Waals surface area contributed by atoms with Crippen molar-refractivity contribution in [3.63, 3.8) is 0 Å². The Kier molecular flexibility index (Phi) is 7.13. The highest BCUT2D eigenvalue weighted by atomic mass is 32.2. The minimum absolute atomic E-state index is 0.0952. The first-order chi connectivity index (χ1) is 6.87. The molecule has 0 spiro atoms. The predicted octanol–water partition coefficient (Wildman–Crippen LogP) is 1.08. The van der Waals surface area contributed by atoms with Crippen molar-refractivity contribution in [3.05, 3.63) is 0 Å². The maximum Gasteiger partial charge on any atom is 0.211 e. The van der Waals surface area contributed by atoms with Gasteiger partial charge in [0.05, 0.1) is 5.75 Å². The van der Waals surface area contributed by atoms with Gasteiger partial charge in [0.1, 0.15) is 0 Å². The standard InChI is InChI=1S/C10H24N2O2S/c1-4-10(11)5-7-12-15(13,14)8-6-9(2)3/h9-10,12H,4-8,11H2,1-3H3. The molecular weight excluding hydrogens is 212 g/mol. The molecule has 0 radical (unpaired) electrons. The van der Waals surface area contributed by atoms with Crippen LogP contribution < -0.4 is 10.5 Å². The van der Waals surface area contributed by atoms with Crippen molar-refractivity contribution in [3.8, 4) is 0 Å². The molecule has 0 saturated heterocycles. The van der Waals surface area contributed by atoms with Crippen molar-refractivity contribution in [2.45, 2.75) is 46.1 Å². The number of rotatable bonds is 8. The molecule has 3 N–H and O–H groups in total. The van der Waals surface area contributed by atoms with Gasteiger partial charge in [-0.25, -0.2) is 13.1 Å². The number of nitrogens with two attached hydrogens (primary N) is 1. The molecule has 0 aromatic heterocycles. The van der Waals surface area contributed by atoms with Crippen LogP contribution in [0.4, 0.5) is 0 Å². The summed E-state index contributed by atoms with van der Waals surface area (Å²) in [5, 5.41) is 0. The van der Waals surface area contributed by atoms with Crippen LogP contribution in [0, 0.1) is 5.92 Å². The highest BCUT2D eigenvalue weighted by Gasteiger charge is 2.10. The van der Waals surface area contributed by atoms with Crippen LogP contribution in [0.1, 0.15) is 40.0 Å². The van der Waals surface area contributed by atoms with Crippen molar-refractivity contribution in [1.29, 1.82) is 0 Å². The van der Waals surface area contributed by atoms with E-state index in [1.807, 2.05) is 20.8 Å². The number of sulfonamides is 1. The molecule has 92 valence electrons. The molecule has 0 aromatic rings. The van der Waals surface area contributed by atoms with Crippen molar-refractivity contribution in [2.75, 3.05) is 12.3 Å². The minimum Gasteiger partial charge on any atom is -0.328 e. The largest absolute Gasteiger partial charge is 0.328 e. The average Bonchev–Trinajstić information content (AvgIpc) is 2.14. The monoisotopic (exact) mass is 236 g/mol. The van der Waals surface area contributed by atoms with Gasteiger partial charge in [-0.1, -0.05) is 20.8 Å². The van der Waals surface area contributed by atoms with Crippen LogP contribution in [-0.2, 0) is 10.0 Å². The molecule has 1 atom stereocenters. The Morgan fingerprint density at radius 3 is 2.33 bits per heavy atom. The van der Waals surface area contributed by atoms with Gasteiger partial charge in [-0.2, -0.15) is 0 Å². The van der Waals surface area contributed by atoms with Gasteiger partial charge in [0.2, 0.25) is 10.0 Å². The molecule has 0 amide bonds. The fraction of sp³-hybridized carbons (Fsp3) is 1.00. The lowest BCUT2D eigenvalue weighted by atomic mass is 10.2. The van der Waals surface area contributed by atoms with E-state index in [0.29, 0.717) is 25.3 Å². The summed E-state index contributed by atoms with van der Waals surface area (Å²) in [6, 6.07) is 0.0952. The normalized spacial score (nSPS) is 14.5. The van der Waals surface area contributed by atoms with Crippen LogP contribution >= 0.6 is 0 Å². The Hall–Kier alpha value is -0.130. The van der Waals surface area contributed by atoms with Crippen LogP contribution in [0.3, 0.4) is 0 Å². The summed E-state index contributed by atoms with van der Waals surface area (Å²) >= 11 is 0. The van der Waals surface area contributed by atoms with E-state index in [1.165, 1.54) is 0 Å². The Morgan fingerprint density at radius 2 is 1.87 bits per heavy atom. The molecule has 0 fully saturated rings. The third kappa shape index (κ3) is 8.84. The van der Waals surface area contributed by atoms with E-state index < -0.39 is 10.0 Å². The molecule has 0 saturated carbocycles. The van der Waals surface area contributed by atoms with E-state index >= 15 is 0 Å². The van der Waals surface area contributed by atoms with Gasteiger partial charge in [0.15, 0.2) is 0 Å². The summed E-state index contributed by atoms with van der Waals surface area (Å²) in [4.78, 5) is 0. The van der Waals surface area contributed by atoms with E-state index in [1.54, 1.807) is 0 Å². The maximum atomic E-state index is 11.5. The van der Waals surface area contributed by atoms with Crippen LogP contribution in [0.5, 0.6) is 0 Å². The molecule has 15 heavy (non-hydrogen) atoms. The molecule has 0 rings (SSSR count). The summed E-state index contributed by atoms with van der Waals surface area (Å²) in [7, 11) is -3.09. The second-order valence-corrected chi connectivity index (χ2v) is 6.28. The first kappa shape index (κ1) is 14.9. The molecule has 4 nitrogen and oxygen atoms in total. The SMILES string of the molecule is CCC(N)CCNS(=O)(=O)CCC(C)C. The number of nitrogens with one attached hydrogen (secondary N) is 1. The van der Waals surface area contributed by atoms with Gasteiger partial charge >= 0.3 is 0 Å². The van der Waals surface area contributed by atoms with Gasteiger partial charge in [-0.05, 0) is 25.2 Å². The summed E-state index contributed by atoms with van der Waals surface area (Å²) in [6.45, 7) is 6.48. The molecule has 0 bridgehead atoms. The Bertz CT molecular complexity index is 250. The highest BCUT2D eigenvalue weighted by Crippen LogP contribution is 2.02. The summed E-state index contributed by atoms with van der Waals surface area (Å²) in [6.07, 6.45) is 2.29. The third-order valence-corrected chi connectivity index (χ3v) is 3.74. The lowest BCUT2D eigenvalue weighted by Crippen LogP contribution is -2.31. The Labute approximate surface area is 93.7 Å². The van der Waals surface area contributed by atoms with E-state index in [2.05, 4.69) is 4.72 Å². The van der Waals surface area contributed by atoms with Crippen LogP contribution in [0.25, 0.3) is 0 Å². The predicted molar refractivity (Wildman–Crippen MR) is 64.1 cm³/mol. The van der Waals surface area contributed by atoms with Gasteiger partial charge in [-0.3, -0.25) is 0 Å². The fourth-order valence-electron chi connectivity index (χ4n) is 1.07. The zero-order chi connectivity index (χ0) is 11.9. The lowest BCUT2D eigenvalue weighted by Gasteiger charge is -2.10. The maximum absolute atomic E-state index is 11.5. The van der Waals surface area contributed by atoms with Crippen LogP contribution in [0.2, 0.25) is 0 Å². The molecular formula is C10H24N2O2S. The summed E-state index contributed by atoms with van der Waals surface area (Å²) in [5.41, 5.74) is 5.69.